The van der Waals surface area contributed by atoms with Gasteiger partial charge in [-0.3, -0.25) is 4.90 Å². The third kappa shape index (κ3) is 45.8. The summed E-state index contributed by atoms with van der Waals surface area (Å²) in [5, 5.41) is 28.6. The predicted molar refractivity (Wildman–Crippen MR) is 275 cm³/mol. The molecular formula is C55H112N4O3. The maximum atomic E-state index is 9.58. The van der Waals surface area contributed by atoms with Crippen LogP contribution in [0.25, 0.3) is 0 Å². The van der Waals surface area contributed by atoms with E-state index < -0.39 is 0 Å². The second-order valence-corrected chi connectivity index (χ2v) is 18.8. The minimum atomic E-state index is 0.158. The van der Waals surface area contributed by atoms with Crippen molar-refractivity contribution in [3.63, 3.8) is 0 Å². The summed E-state index contributed by atoms with van der Waals surface area (Å²) in [5.41, 5.74) is 0. The van der Waals surface area contributed by atoms with Crippen LogP contribution in [-0.4, -0.2) is 133 Å². The van der Waals surface area contributed by atoms with Crippen LogP contribution in [0.3, 0.4) is 0 Å². The lowest BCUT2D eigenvalue weighted by Crippen LogP contribution is -2.35. The number of hydrogen-bond donors (Lipinski definition) is 3. The molecule has 0 saturated carbocycles. The Balaban J connectivity index is 4.71. The summed E-state index contributed by atoms with van der Waals surface area (Å²) in [6.45, 7) is 19.7. The van der Waals surface area contributed by atoms with Gasteiger partial charge in [-0.15, -0.1) is 0 Å². The van der Waals surface area contributed by atoms with Crippen LogP contribution in [0.4, 0.5) is 0 Å². The molecule has 0 heterocycles. The summed E-state index contributed by atoms with van der Waals surface area (Å²) in [4.78, 5) is 10.1. The van der Waals surface area contributed by atoms with E-state index in [9.17, 15) is 15.3 Å². The van der Waals surface area contributed by atoms with Gasteiger partial charge in [-0.05, 0) is 155 Å². The zero-order chi connectivity index (χ0) is 45.1. The number of nitrogens with zero attached hydrogens (tertiary/aromatic N) is 4. The standard InChI is InChI=1S/C55H112N4O3/c1-4-7-9-11-13-15-17-19-21-23-25-27-29-31-33-35-42-57(47-39-46-56(41-6-3)50-53-60)44-37-38-45-58(48-40-49-59(51-54-61)52-55-62)43-36-34-32-30-28-26-24-22-20-18-16-14-12-10-8-5-2/h19-22,60-62H,4-18,23-55H2,1-3H3/b21-19+,22-20-. The van der Waals surface area contributed by atoms with E-state index in [2.05, 4.69) is 64.7 Å². The molecule has 0 spiro atoms. The molecule has 0 unspecified atom stereocenters. The van der Waals surface area contributed by atoms with Crippen molar-refractivity contribution >= 4 is 0 Å². The Kier molecular flexibility index (Phi) is 52.1. The highest BCUT2D eigenvalue weighted by molar-refractivity contribution is 4.82. The van der Waals surface area contributed by atoms with E-state index in [4.69, 9.17) is 0 Å². The van der Waals surface area contributed by atoms with E-state index in [1.54, 1.807) is 0 Å². The number of aliphatic hydroxyl groups is 3. The Morgan fingerprint density at radius 3 is 0.742 bits per heavy atom. The van der Waals surface area contributed by atoms with Gasteiger partial charge in [0.25, 0.3) is 0 Å². The summed E-state index contributed by atoms with van der Waals surface area (Å²) in [6, 6.07) is 0. The summed E-state index contributed by atoms with van der Waals surface area (Å²) < 4.78 is 0. The summed E-state index contributed by atoms with van der Waals surface area (Å²) in [5.74, 6) is 0. The lowest BCUT2D eigenvalue weighted by molar-refractivity contribution is 0.152. The highest BCUT2D eigenvalue weighted by Gasteiger charge is 2.11. The van der Waals surface area contributed by atoms with Crippen molar-refractivity contribution < 1.29 is 15.3 Å². The van der Waals surface area contributed by atoms with Gasteiger partial charge in [0, 0.05) is 19.6 Å². The summed E-state index contributed by atoms with van der Waals surface area (Å²) in [7, 11) is 0. The highest BCUT2D eigenvalue weighted by atomic mass is 16.3. The Hall–Kier alpha value is -0.800. The molecule has 0 atom stereocenters. The largest absolute Gasteiger partial charge is 0.395 e. The quantitative estimate of drug-likeness (QED) is 0.0415. The van der Waals surface area contributed by atoms with Crippen molar-refractivity contribution in [2.24, 2.45) is 0 Å². The molecule has 0 rings (SSSR count). The molecule has 0 aromatic rings. The third-order valence-electron chi connectivity index (χ3n) is 12.9. The Morgan fingerprint density at radius 2 is 0.452 bits per heavy atom. The fraction of sp³-hybridized carbons (Fsp3) is 0.927. The molecule has 0 bridgehead atoms. The topological polar surface area (TPSA) is 73.7 Å². The Labute approximate surface area is 388 Å². The maximum Gasteiger partial charge on any atom is 0.0558 e. The van der Waals surface area contributed by atoms with Gasteiger partial charge in [0.15, 0.2) is 0 Å². The highest BCUT2D eigenvalue weighted by Crippen LogP contribution is 2.14. The predicted octanol–water partition coefficient (Wildman–Crippen LogP) is 13.2. The molecule has 370 valence electrons. The van der Waals surface area contributed by atoms with E-state index in [0.29, 0.717) is 13.1 Å². The number of hydrogen-bond acceptors (Lipinski definition) is 7. The molecule has 3 N–H and O–H groups in total. The second-order valence-electron chi connectivity index (χ2n) is 18.8. The number of allylic oxidation sites excluding steroid dienone is 4. The molecule has 0 aliphatic rings. The van der Waals surface area contributed by atoms with Crippen LogP contribution < -0.4 is 0 Å². The van der Waals surface area contributed by atoms with Crippen molar-refractivity contribution in [1.29, 1.82) is 0 Å². The van der Waals surface area contributed by atoms with Crippen LogP contribution in [0.15, 0.2) is 24.3 Å². The average molecular weight is 878 g/mol. The van der Waals surface area contributed by atoms with Crippen LogP contribution in [0, 0.1) is 0 Å². The number of unbranched alkanes of at least 4 members (excludes halogenated alkanes) is 25. The van der Waals surface area contributed by atoms with E-state index in [0.717, 1.165) is 45.6 Å². The van der Waals surface area contributed by atoms with Crippen molar-refractivity contribution in [3.05, 3.63) is 24.3 Å². The SMILES string of the molecule is CCCCCCCC/C=C\CCCCCCCCN(CCCCN(CCCCCCCC/C=C/CCCCCCCC)CCCN(CCC)CCO)CCCN(CCO)CCO. The van der Waals surface area contributed by atoms with Crippen molar-refractivity contribution in [2.75, 3.05) is 98.4 Å². The van der Waals surface area contributed by atoms with Crippen LogP contribution in [0.5, 0.6) is 0 Å². The van der Waals surface area contributed by atoms with Gasteiger partial charge in [-0.25, -0.2) is 0 Å². The molecule has 0 saturated heterocycles. The zero-order valence-corrected chi connectivity index (χ0v) is 42.4. The van der Waals surface area contributed by atoms with Crippen LogP contribution in [0.1, 0.15) is 233 Å². The molecule has 7 nitrogen and oxygen atoms in total. The number of aliphatic hydroxyl groups excluding tert-OH is 3. The first kappa shape index (κ1) is 61.2. The van der Waals surface area contributed by atoms with Crippen molar-refractivity contribution in [2.45, 2.75) is 233 Å². The van der Waals surface area contributed by atoms with Crippen LogP contribution in [0.2, 0.25) is 0 Å². The maximum absolute atomic E-state index is 9.58. The van der Waals surface area contributed by atoms with Gasteiger partial charge in [0.1, 0.15) is 0 Å². The van der Waals surface area contributed by atoms with E-state index in [1.807, 2.05) is 0 Å². The molecule has 62 heavy (non-hydrogen) atoms. The fourth-order valence-electron chi connectivity index (χ4n) is 8.95. The van der Waals surface area contributed by atoms with Gasteiger partial charge in [0.05, 0.1) is 19.8 Å². The molecular weight excluding hydrogens is 765 g/mol. The first-order chi connectivity index (χ1) is 30.6. The smallest absolute Gasteiger partial charge is 0.0558 e. The lowest BCUT2D eigenvalue weighted by atomic mass is 10.1. The average Bonchev–Trinajstić information content (AvgIpc) is 3.27. The Morgan fingerprint density at radius 1 is 0.226 bits per heavy atom. The summed E-state index contributed by atoms with van der Waals surface area (Å²) >= 11 is 0. The first-order valence-electron chi connectivity index (χ1n) is 27.7. The van der Waals surface area contributed by atoms with Gasteiger partial charge in [-0.2, -0.15) is 0 Å². The van der Waals surface area contributed by atoms with Gasteiger partial charge in [-0.1, -0.05) is 161 Å². The van der Waals surface area contributed by atoms with Gasteiger partial charge >= 0.3 is 0 Å². The monoisotopic (exact) mass is 877 g/mol. The molecule has 0 aliphatic heterocycles. The Bertz CT molecular complexity index is 807. The van der Waals surface area contributed by atoms with E-state index in [1.165, 1.54) is 232 Å². The van der Waals surface area contributed by atoms with E-state index in [-0.39, 0.29) is 19.8 Å². The first-order valence-corrected chi connectivity index (χ1v) is 27.7. The molecule has 0 amide bonds. The molecule has 0 aliphatic carbocycles. The van der Waals surface area contributed by atoms with E-state index >= 15 is 0 Å². The normalized spacial score (nSPS) is 12.4. The summed E-state index contributed by atoms with van der Waals surface area (Å²) in [6.07, 6.45) is 53.6. The minimum absolute atomic E-state index is 0.158. The van der Waals surface area contributed by atoms with Crippen LogP contribution >= 0.6 is 0 Å². The third-order valence-corrected chi connectivity index (χ3v) is 12.9. The fourth-order valence-corrected chi connectivity index (χ4v) is 8.95. The molecule has 0 aromatic heterocycles. The van der Waals surface area contributed by atoms with Crippen molar-refractivity contribution in [1.82, 2.24) is 19.6 Å². The van der Waals surface area contributed by atoms with Gasteiger partial charge < -0.3 is 30.0 Å². The molecule has 0 aromatic carbocycles. The molecule has 7 heteroatoms. The minimum Gasteiger partial charge on any atom is -0.395 e. The second kappa shape index (κ2) is 52.8. The van der Waals surface area contributed by atoms with Gasteiger partial charge in [0.2, 0.25) is 0 Å². The van der Waals surface area contributed by atoms with Crippen LogP contribution in [-0.2, 0) is 0 Å². The zero-order valence-electron chi connectivity index (χ0n) is 42.4. The molecule has 0 fully saturated rings. The van der Waals surface area contributed by atoms with Crippen molar-refractivity contribution in [3.8, 4) is 0 Å². The number of rotatable bonds is 53. The lowest BCUT2D eigenvalue weighted by Gasteiger charge is -2.27. The molecule has 0 radical (unpaired) electrons.